The quantitative estimate of drug-likeness (QED) is 0.863. The van der Waals surface area contributed by atoms with E-state index in [0.29, 0.717) is 6.54 Å². The third-order valence-corrected chi connectivity index (χ3v) is 3.49. The number of aromatic carboxylic acids is 1. The van der Waals surface area contributed by atoms with E-state index >= 15 is 0 Å². The third kappa shape index (κ3) is 2.76. The highest BCUT2D eigenvalue weighted by atomic mass is 16.4. The number of carboxylic acids is 1. The summed E-state index contributed by atoms with van der Waals surface area (Å²) in [4.78, 5) is 25.2. The monoisotopic (exact) mass is 263 g/mol. The Hall–Kier alpha value is -1.88. The second kappa shape index (κ2) is 5.84. The predicted octanol–water partition coefficient (Wildman–Crippen LogP) is 1.37. The van der Waals surface area contributed by atoms with Crippen molar-refractivity contribution in [3.8, 4) is 0 Å². The van der Waals surface area contributed by atoms with E-state index in [1.54, 1.807) is 17.0 Å². The largest absolute Gasteiger partial charge is 0.478 e. The number of hydrogen-bond acceptors (Lipinski definition) is 3. The summed E-state index contributed by atoms with van der Waals surface area (Å²) >= 11 is 0. The van der Waals surface area contributed by atoms with Gasteiger partial charge < -0.3 is 15.1 Å². The summed E-state index contributed by atoms with van der Waals surface area (Å²) in [6, 6.07) is 5.99. The van der Waals surface area contributed by atoms with Crippen molar-refractivity contribution in [3.05, 3.63) is 35.4 Å². The first-order chi connectivity index (χ1) is 9.15. The molecule has 1 aromatic rings. The average molecular weight is 263 g/mol. The van der Waals surface area contributed by atoms with Gasteiger partial charge in [-0.25, -0.2) is 4.79 Å². The summed E-state index contributed by atoms with van der Waals surface area (Å²) < 4.78 is 0. The maximum Gasteiger partial charge on any atom is 0.336 e. The maximum atomic E-state index is 12.4. The fraction of sp³-hybridized carbons (Fsp3) is 0.429. The minimum absolute atomic E-state index is 0.00904. The van der Waals surface area contributed by atoms with Crippen LogP contribution in [0.5, 0.6) is 0 Å². The molecule has 0 unspecified atom stereocenters. The molecule has 0 bridgehead atoms. The second-order valence-corrected chi connectivity index (χ2v) is 4.68. The van der Waals surface area contributed by atoms with Crippen LogP contribution in [0.2, 0.25) is 0 Å². The molecule has 1 atom stereocenters. The van der Waals surface area contributed by atoms with Gasteiger partial charge in [-0.1, -0.05) is 12.1 Å². The Morgan fingerprint density at radius 2 is 1.89 bits per heavy atom. The maximum absolute atomic E-state index is 12.4. The SMILES string of the molecule is O=C(O)c1ccccc1C(=O)N1CCCC[C@@H]1CO. The van der Waals surface area contributed by atoms with E-state index < -0.39 is 5.97 Å². The number of aliphatic hydroxyl groups is 1. The summed E-state index contributed by atoms with van der Waals surface area (Å²) in [5, 5.41) is 18.4. The van der Waals surface area contributed by atoms with Crippen LogP contribution in [0.15, 0.2) is 24.3 Å². The molecule has 0 aromatic heterocycles. The summed E-state index contributed by atoms with van der Waals surface area (Å²) in [7, 11) is 0. The highest BCUT2D eigenvalue weighted by Gasteiger charge is 2.28. The molecular weight excluding hydrogens is 246 g/mol. The van der Waals surface area contributed by atoms with Crippen molar-refractivity contribution in [1.29, 1.82) is 0 Å². The number of aliphatic hydroxyl groups excluding tert-OH is 1. The Bertz CT molecular complexity index is 486. The molecule has 1 aromatic carbocycles. The Kier molecular flexibility index (Phi) is 4.16. The van der Waals surface area contributed by atoms with Gasteiger partial charge in [-0.05, 0) is 31.4 Å². The number of hydrogen-bond donors (Lipinski definition) is 2. The Balaban J connectivity index is 2.30. The van der Waals surface area contributed by atoms with Crippen LogP contribution in [0.4, 0.5) is 0 Å². The fourth-order valence-corrected chi connectivity index (χ4v) is 2.47. The molecular formula is C14H17NO4. The number of benzene rings is 1. The molecule has 0 saturated carbocycles. The molecule has 0 radical (unpaired) electrons. The van der Waals surface area contributed by atoms with E-state index in [-0.39, 0.29) is 29.7 Å². The van der Waals surface area contributed by atoms with Crippen molar-refractivity contribution < 1.29 is 19.8 Å². The second-order valence-electron chi connectivity index (χ2n) is 4.68. The van der Waals surface area contributed by atoms with Crippen molar-refractivity contribution >= 4 is 11.9 Å². The predicted molar refractivity (Wildman–Crippen MR) is 69.2 cm³/mol. The molecule has 1 saturated heterocycles. The summed E-state index contributed by atoms with van der Waals surface area (Å²) in [5.74, 6) is -1.42. The Labute approximate surface area is 111 Å². The van der Waals surface area contributed by atoms with Gasteiger partial charge in [0.15, 0.2) is 0 Å². The molecule has 19 heavy (non-hydrogen) atoms. The molecule has 102 valence electrons. The molecule has 5 heteroatoms. The van der Waals surface area contributed by atoms with Gasteiger partial charge in [0.2, 0.25) is 0 Å². The molecule has 1 heterocycles. The molecule has 5 nitrogen and oxygen atoms in total. The van der Waals surface area contributed by atoms with Gasteiger partial charge in [-0.3, -0.25) is 4.79 Å². The Morgan fingerprint density at radius 3 is 2.53 bits per heavy atom. The van der Waals surface area contributed by atoms with E-state index in [1.165, 1.54) is 12.1 Å². The zero-order valence-corrected chi connectivity index (χ0v) is 10.6. The lowest BCUT2D eigenvalue weighted by molar-refractivity contribution is 0.0495. The molecule has 0 spiro atoms. The highest BCUT2D eigenvalue weighted by Crippen LogP contribution is 2.21. The lowest BCUT2D eigenvalue weighted by atomic mass is 9.99. The zero-order chi connectivity index (χ0) is 13.8. The van der Waals surface area contributed by atoms with Crippen LogP contribution in [-0.2, 0) is 0 Å². The normalized spacial score (nSPS) is 19.2. The molecule has 1 aliphatic rings. The standard InChI is InChI=1S/C14H17NO4/c16-9-10-5-3-4-8-15(10)13(17)11-6-1-2-7-12(11)14(18)19/h1-2,6-7,10,16H,3-5,8-9H2,(H,18,19)/t10-/m1/s1. The number of carboxylic acid groups (broad SMARTS) is 1. The van der Waals surface area contributed by atoms with Crippen LogP contribution < -0.4 is 0 Å². The number of piperidine rings is 1. The molecule has 1 aliphatic heterocycles. The number of carbonyl (C=O) groups is 2. The minimum Gasteiger partial charge on any atom is -0.478 e. The topological polar surface area (TPSA) is 77.8 Å². The number of nitrogens with zero attached hydrogens (tertiary/aromatic N) is 1. The summed E-state index contributed by atoms with van der Waals surface area (Å²) in [6.45, 7) is 0.485. The Morgan fingerprint density at radius 1 is 1.21 bits per heavy atom. The first kappa shape index (κ1) is 13.5. The first-order valence-electron chi connectivity index (χ1n) is 6.39. The smallest absolute Gasteiger partial charge is 0.336 e. The van der Waals surface area contributed by atoms with Crippen LogP contribution in [-0.4, -0.2) is 46.2 Å². The van der Waals surface area contributed by atoms with Crippen LogP contribution >= 0.6 is 0 Å². The fourth-order valence-electron chi connectivity index (χ4n) is 2.47. The van der Waals surface area contributed by atoms with Gasteiger partial charge in [0.25, 0.3) is 5.91 Å². The van der Waals surface area contributed by atoms with E-state index in [9.17, 15) is 14.7 Å². The number of likely N-dealkylation sites (tertiary alicyclic amines) is 1. The van der Waals surface area contributed by atoms with Gasteiger partial charge >= 0.3 is 5.97 Å². The summed E-state index contributed by atoms with van der Waals surface area (Å²) in [6.07, 6.45) is 2.63. The van der Waals surface area contributed by atoms with Crippen LogP contribution in [0.3, 0.4) is 0 Å². The number of rotatable bonds is 3. The van der Waals surface area contributed by atoms with Gasteiger partial charge in [-0.2, -0.15) is 0 Å². The van der Waals surface area contributed by atoms with Crippen molar-refractivity contribution in [2.24, 2.45) is 0 Å². The lowest BCUT2D eigenvalue weighted by Crippen LogP contribution is -2.46. The van der Waals surface area contributed by atoms with Crippen LogP contribution in [0, 0.1) is 0 Å². The van der Waals surface area contributed by atoms with Gasteiger partial charge in [0.1, 0.15) is 0 Å². The van der Waals surface area contributed by atoms with Crippen molar-refractivity contribution in [1.82, 2.24) is 4.90 Å². The first-order valence-corrected chi connectivity index (χ1v) is 6.39. The van der Waals surface area contributed by atoms with E-state index in [4.69, 9.17) is 5.11 Å². The minimum atomic E-state index is -1.11. The van der Waals surface area contributed by atoms with Gasteiger partial charge in [0.05, 0.1) is 23.8 Å². The average Bonchev–Trinajstić information content (AvgIpc) is 2.46. The van der Waals surface area contributed by atoms with Gasteiger partial charge in [0, 0.05) is 6.54 Å². The molecule has 1 fully saturated rings. The zero-order valence-electron chi connectivity index (χ0n) is 10.6. The van der Waals surface area contributed by atoms with E-state index in [0.717, 1.165) is 19.3 Å². The van der Waals surface area contributed by atoms with Crippen molar-refractivity contribution in [2.75, 3.05) is 13.2 Å². The van der Waals surface area contributed by atoms with E-state index in [2.05, 4.69) is 0 Å². The van der Waals surface area contributed by atoms with Crippen molar-refractivity contribution in [2.45, 2.75) is 25.3 Å². The van der Waals surface area contributed by atoms with Gasteiger partial charge in [-0.15, -0.1) is 0 Å². The molecule has 2 N–H and O–H groups in total. The summed E-state index contributed by atoms with van der Waals surface area (Å²) in [5.41, 5.74) is 0.199. The molecule has 1 amide bonds. The number of carbonyl (C=O) groups excluding carboxylic acids is 1. The molecule has 2 rings (SSSR count). The number of amides is 1. The van der Waals surface area contributed by atoms with Crippen molar-refractivity contribution in [3.63, 3.8) is 0 Å². The third-order valence-electron chi connectivity index (χ3n) is 3.49. The lowest BCUT2D eigenvalue weighted by Gasteiger charge is -2.34. The molecule has 0 aliphatic carbocycles. The van der Waals surface area contributed by atoms with E-state index in [1.807, 2.05) is 0 Å². The highest BCUT2D eigenvalue weighted by molar-refractivity contribution is 6.04. The van der Waals surface area contributed by atoms with Crippen LogP contribution in [0.25, 0.3) is 0 Å². The van der Waals surface area contributed by atoms with Crippen LogP contribution in [0.1, 0.15) is 40.0 Å².